The fourth-order valence-corrected chi connectivity index (χ4v) is 2.39. The molecule has 1 saturated heterocycles. The van der Waals surface area contributed by atoms with Crippen molar-refractivity contribution in [1.82, 2.24) is 4.90 Å². The number of benzene rings is 1. The molecular weight excluding hydrogens is 264 g/mol. The summed E-state index contributed by atoms with van der Waals surface area (Å²) in [5.74, 6) is -2.02. The number of hydrogen-bond acceptors (Lipinski definition) is 4. The van der Waals surface area contributed by atoms with Gasteiger partial charge in [-0.2, -0.15) is 0 Å². The standard InChI is InChI=1S/C13H14N2O5/c1-8-3-2-4-10(11(8)15(19)20)12(16)14-6-5-9(7-14)13(17)18/h2-4,9H,5-7H2,1H3,(H,17,18). The number of amides is 1. The third-order valence-corrected chi connectivity index (χ3v) is 3.48. The van der Waals surface area contributed by atoms with Crippen LogP contribution in [0, 0.1) is 23.0 Å². The summed E-state index contributed by atoms with van der Waals surface area (Å²) in [7, 11) is 0. The summed E-state index contributed by atoms with van der Waals surface area (Å²) in [6.45, 7) is 1.97. The van der Waals surface area contributed by atoms with Gasteiger partial charge in [0.15, 0.2) is 0 Å². The molecule has 1 aromatic rings. The number of hydrogen-bond donors (Lipinski definition) is 1. The van der Waals surface area contributed by atoms with Crippen molar-refractivity contribution < 1.29 is 19.6 Å². The molecule has 1 amide bonds. The Kier molecular flexibility index (Phi) is 3.69. The number of rotatable bonds is 3. The normalized spacial score (nSPS) is 18.1. The number of nitro groups is 1. The summed E-state index contributed by atoms with van der Waals surface area (Å²) in [5.41, 5.74) is 0.215. The first-order chi connectivity index (χ1) is 9.41. The van der Waals surface area contributed by atoms with Crippen LogP contribution in [-0.2, 0) is 4.79 Å². The highest BCUT2D eigenvalue weighted by atomic mass is 16.6. The molecular formula is C13H14N2O5. The second-order valence-electron chi connectivity index (χ2n) is 4.80. The number of carbonyl (C=O) groups is 2. The molecule has 1 unspecified atom stereocenters. The van der Waals surface area contributed by atoms with Crippen molar-refractivity contribution >= 4 is 17.6 Å². The van der Waals surface area contributed by atoms with E-state index in [0.717, 1.165) is 0 Å². The lowest BCUT2D eigenvalue weighted by molar-refractivity contribution is -0.385. The maximum atomic E-state index is 12.3. The minimum atomic E-state index is -0.945. The zero-order valence-electron chi connectivity index (χ0n) is 10.9. The topological polar surface area (TPSA) is 101 Å². The van der Waals surface area contributed by atoms with Gasteiger partial charge in [-0.3, -0.25) is 19.7 Å². The van der Waals surface area contributed by atoms with Crippen molar-refractivity contribution in [2.75, 3.05) is 13.1 Å². The van der Waals surface area contributed by atoms with Crippen LogP contribution in [0.2, 0.25) is 0 Å². The molecule has 1 aliphatic heterocycles. The lowest BCUT2D eigenvalue weighted by Crippen LogP contribution is -2.30. The van der Waals surface area contributed by atoms with Crippen molar-refractivity contribution in [3.63, 3.8) is 0 Å². The molecule has 20 heavy (non-hydrogen) atoms. The molecule has 2 rings (SSSR count). The Bertz CT molecular complexity index is 584. The highest BCUT2D eigenvalue weighted by Crippen LogP contribution is 2.26. The average Bonchev–Trinajstić information content (AvgIpc) is 2.86. The smallest absolute Gasteiger partial charge is 0.308 e. The first kappa shape index (κ1) is 14.0. The van der Waals surface area contributed by atoms with E-state index in [4.69, 9.17) is 5.11 Å². The van der Waals surface area contributed by atoms with Crippen molar-refractivity contribution in [2.45, 2.75) is 13.3 Å². The van der Waals surface area contributed by atoms with Gasteiger partial charge in [0, 0.05) is 18.7 Å². The van der Waals surface area contributed by atoms with E-state index >= 15 is 0 Å². The molecule has 0 saturated carbocycles. The first-order valence-corrected chi connectivity index (χ1v) is 6.18. The van der Waals surface area contributed by atoms with Gasteiger partial charge in [-0.05, 0) is 19.4 Å². The molecule has 1 aliphatic rings. The molecule has 0 radical (unpaired) electrons. The Labute approximate surface area is 115 Å². The van der Waals surface area contributed by atoms with Crippen molar-refractivity contribution in [2.24, 2.45) is 5.92 Å². The molecule has 1 fully saturated rings. The third-order valence-electron chi connectivity index (χ3n) is 3.48. The SMILES string of the molecule is Cc1cccc(C(=O)N2CCC(C(=O)O)C2)c1[N+](=O)[O-]. The largest absolute Gasteiger partial charge is 0.481 e. The monoisotopic (exact) mass is 278 g/mol. The number of nitrogens with zero attached hydrogens (tertiary/aromatic N) is 2. The van der Waals surface area contributed by atoms with Gasteiger partial charge in [0.25, 0.3) is 11.6 Å². The zero-order chi connectivity index (χ0) is 14.9. The molecule has 0 aliphatic carbocycles. The Hall–Kier alpha value is -2.44. The third kappa shape index (κ3) is 2.47. The maximum absolute atomic E-state index is 12.3. The van der Waals surface area contributed by atoms with E-state index in [1.165, 1.54) is 11.0 Å². The Morgan fingerprint density at radius 1 is 1.45 bits per heavy atom. The number of nitro benzene ring substituents is 1. The second kappa shape index (κ2) is 5.28. The average molecular weight is 278 g/mol. The number of carbonyl (C=O) groups excluding carboxylic acids is 1. The first-order valence-electron chi connectivity index (χ1n) is 6.18. The summed E-state index contributed by atoms with van der Waals surface area (Å²) < 4.78 is 0. The van der Waals surface area contributed by atoms with Crippen LogP contribution in [0.15, 0.2) is 18.2 Å². The van der Waals surface area contributed by atoms with Gasteiger partial charge in [0.05, 0.1) is 10.8 Å². The fraction of sp³-hybridized carbons (Fsp3) is 0.385. The maximum Gasteiger partial charge on any atom is 0.308 e. The van der Waals surface area contributed by atoms with Crippen LogP contribution in [0.1, 0.15) is 22.3 Å². The van der Waals surface area contributed by atoms with Crippen LogP contribution in [0.25, 0.3) is 0 Å². The number of likely N-dealkylation sites (tertiary alicyclic amines) is 1. The Morgan fingerprint density at radius 2 is 2.15 bits per heavy atom. The van der Waals surface area contributed by atoms with E-state index in [-0.39, 0.29) is 17.8 Å². The quantitative estimate of drug-likeness (QED) is 0.666. The molecule has 1 N–H and O–H groups in total. The van der Waals surface area contributed by atoms with Crippen LogP contribution < -0.4 is 0 Å². The minimum Gasteiger partial charge on any atom is -0.481 e. The molecule has 1 atom stereocenters. The van der Waals surface area contributed by atoms with Crippen molar-refractivity contribution in [3.8, 4) is 0 Å². The summed E-state index contributed by atoms with van der Waals surface area (Å²) in [5, 5.41) is 20.0. The molecule has 7 nitrogen and oxygen atoms in total. The number of para-hydroxylation sites is 1. The summed E-state index contributed by atoms with van der Waals surface area (Å²) in [6.07, 6.45) is 0.376. The molecule has 0 spiro atoms. The molecule has 1 heterocycles. The van der Waals surface area contributed by atoms with Gasteiger partial charge in [-0.25, -0.2) is 0 Å². The predicted molar refractivity (Wildman–Crippen MR) is 69.5 cm³/mol. The van der Waals surface area contributed by atoms with Crippen LogP contribution >= 0.6 is 0 Å². The second-order valence-corrected chi connectivity index (χ2v) is 4.80. The lowest BCUT2D eigenvalue weighted by Gasteiger charge is -2.16. The van der Waals surface area contributed by atoms with Gasteiger partial charge in [0.1, 0.15) is 5.56 Å². The van der Waals surface area contributed by atoms with Crippen molar-refractivity contribution in [3.05, 3.63) is 39.4 Å². The number of carboxylic acid groups (broad SMARTS) is 1. The van der Waals surface area contributed by atoms with Crippen LogP contribution in [0.4, 0.5) is 5.69 Å². The summed E-state index contributed by atoms with van der Waals surface area (Å²) in [4.78, 5) is 35.1. The Morgan fingerprint density at radius 3 is 2.70 bits per heavy atom. The summed E-state index contributed by atoms with van der Waals surface area (Å²) in [6, 6.07) is 4.56. The van der Waals surface area contributed by atoms with E-state index in [9.17, 15) is 19.7 Å². The zero-order valence-corrected chi connectivity index (χ0v) is 10.9. The molecule has 0 aromatic heterocycles. The van der Waals surface area contributed by atoms with Crippen LogP contribution in [0.3, 0.4) is 0 Å². The van der Waals surface area contributed by atoms with E-state index in [2.05, 4.69) is 0 Å². The van der Waals surface area contributed by atoms with E-state index < -0.39 is 22.7 Å². The lowest BCUT2D eigenvalue weighted by atomic mass is 10.1. The van der Waals surface area contributed by atoms with Gasteiger partial charge >= 0.3 is 5.97 Å². The molecule has 1 aromatic carbocycles. The number of aryl methyl sites for hydroxylation is 1. The van der Waals surface area contributed by atoms with Gasteiger partial charge < -0.3 is 10.0 Å². The highest BCUT2D eigenvalue weighted by molar-refractivity contribution is 5.99. The number of carboxylic acids is 1. The van der Waals surface area contributed by atoms with Gasteiger partial charge in [-0.15, -0.1) is 0 Å². The van der Waals surface area contributed by atoms with Gasteiger partial charge in [-0.1, -0.05) is 12.1 Å². The summed E-state index contributed by atoms with van der Waals surface area (Å²) >= 11 is 0. The minimum absolute atomic E-state index is 0.0149. The fourth-order valence-electron chi connectivity index (χ4n) is 2.39. The van der Waals surface area contributed by atoms with E-state index in [0.29, 0.717) is 18.5 Å². The van der Waals surface area contributed by atoms with E-state index in [1.54, 1.807) is 19.1 Å². The molecule has 106 valence electrons. The Balaban J connectivity index is 2.29. The predicted octanol–water partition coefficient (Wildman–Crippen LogP) is 1.45. The van der Waals surface area contributed by atoms with Gasteiger partial charge in [0.2, 0.25) is 0 Å². The van der Waals surface area contributed by atoms with Crippen molar-refractivity contribution in [1.29, 1.82) is 0 Å². The van der Waals surface area contributed by atoms with E-state index in [1.807, 2.05) is 0 Å². The molecule has 7 heteroatoms. The van der Waals surface area contributed by atoms with Crippen LogP contribution in [0.5, 0.6) is 0 Å². The highest BCUT2D eigenvalue weighted by Gasteiger charge is 2.34. The molecule has 0 bridgehead atoms. The number of aliphatic carboxylic acids is 1. The van der Waals surface area contributed by atoms with Crippen LogP contribution in [-0.4, -0.2) is 39.9 Å².